The first-order valence-electron chi connectivity index (χ1n) is 9.51. The summed E-state index contributed by atoms with van der Waals surface area (Å²) in [4.78, 5) is 19.5. The van der Waals surface area contributed by atoms with Gasteiger partial charge in [-0.2, -0.15) is 0 Å². The van der Waals surface area contributed by atoms with E-state index < -0.39 is 6.09 Å². The molecule has 0 saturated carbocycles. The van der Waals surface area contributed by atoms with Crippen LogP contribution < -0.4 is 5.32 Å². The molecule has 0 saturated heterocycles. The molecule has 0 unspecified atom stereocenters. The van der Waals surface area contributed by atoms with E-state index in [0.717, 1.165) is 22.6 Å². The number of amides is 1. The summed E-state index contributed by atoms with van der Waals surface area (Å²) in [6.45, 7) is 7.34. The van der Waals surface area contributed by atoms with Gasteiger partial charge in [-0.3, -0.25) is 0 Å². The second-order valence-corrected chi connectivity index (χ2v) is 7.81. The van der Waals surface area contributed by atoms with Crippen LogP contribution in [0.2, 0.25) is 0 Å². The summed E-state index contributed by atoms with van der Waals surface area (Å²) >= 11 is 0. The molecular formula is C23H27N3O2. The first-order valence-corrected chi connectivity index (χ1v) is 9.51. The lowest BCUT2D eigenvalue weighted by Crippen LogP contribution is -2.26. The standard InChI is InChI=1S/C23H27N3O2/c1-23(2,3)19-11-9-18(10-12-19)20-15-25-21(26-20)13-14-24-22(27)28-16-17-7-5-4-6-8-17/h4-12,15H,13-14,16H2,1-3H3,(H,24,27)(H,25,26). The van der Waals surface area contributed by atoms with Crippen molar-refractivity contribution in [3.63, 3.8) is 0 Å². The third-order valence-corrected chi connectivity index (χ3v) is 4.53. The molecular weight excluding hydrogens is 350 g/mol. The van der Waals surface area contributed by atoms with Crippen molar-refractivity contribution in [1.29, 1.82) is 0 Å². The van der Waals surface area contributed by atoms with Crippen LogP contribution in [0.4, 0.5) is 4.79 Å². The Hall–Kier alpha value is -3.08. The van der Waals surface area contributed by atoms with Crippen LogP contribution in [0.1, 0.15) is 37.7 Å². The third-order valence-electron chi connectivity index (χ3n) is 4.53. The number of imidazole rings is 1. The Bertz CT molecular complexity index is 894. The first-order chi connectivity index (χ1) is 13.4. The van der Waals surface area contributed by atoms with Crippen LogP contribution in [-0.2, 0) is 23.2 Å². The second-order valence-electron chi connectivity index (χ2n) is 7.81. The van der Waals surface area contributed by atoms with E-state index in [9.17, 15) is 4.79 Å². The van der Waals surface area contributed by atoms with Crippen molar-refractivity contribution in [3.05, 3.63) is 77.7 Å². The van der Waals surface area contributed by atoms with Crippen molar-refractivity contribution < 1.29 is 9.53 Å². The zero-order valence-corrected chi connectivity index (χ0v) is 16.7. The number of nitrogens with one attached hydrogen (secondary N) is 2. The van der Waals surface area contributed by atoms with E-state index in [1.165, 1.54) is 5.56 Å². The number of ether oxygens (including phenoxy) is 1. The topological polar surface area (TPSA) is 67.0 Å². The van der Waals surface area contributed by atoms with E-state index in [1.807, 2.05) is 36.5 Å². The molecule has 1 aromatic heterocycles. The smallest absolute Gasteiger partial charge is 0.407 e. The molecule has 5 nitrogen and oxygen atoms in total. The number of H-pyrrole nitrogens is 1. The van der Waals surface area contributed by atoms with Crippen molar-refractivity contribution in [2.75, 3.05) is 6.54 Å². The predicted molar refractivity (Wildman–Crippen MR) is 111 cm³/mol. The number of aromatic amines is 1. The SMILES string of the molecule is CC(C)(C)c1ccc(-c2cnc(CCNC(=O)OCc3ccccc3)[nH]2)cc1. The number of hydrogen-bond acceptors (Lipinski definition) is 3. The Kier molecular flexibility index (Phi) is 6.14. The van der Waals surface area contributed by atoms with Gasteiger partial charge >= 0.3 is 6.09 Å². The van der Waals surface area contributed by atoms with Crippen LogP contribution in [-0.4, -0.2) is 22.6 Å². The lowest BCUT2D eigenvalue weighted by Gasteiger charge is -2.18. The summed E-state index contributed by atoms with van der Waals surface area (Å²) in [5, 5.41) is 2.75. The maximum Gasteiger partial charge on any atom is 0.407 e. The number of alkyl carbamates (subject to hydrolysis) is 1. The monoisotopic (exact) mass is 377 g/mol. The number of aromatic nitrogens is 2. The van der Waals surface area contributed by atoms with Crippen LogP contribution in [0.3, 0.4) is 0 Å². The molecule has 3 aromatic rings. The Balaban J connectivity index is 1.46. The van der Waals surface area contributed by atoms with Crippen LogP contribution in [0.25, 0.3) is 11.3 Å². The quantitative estimate of drug-likeness (QED) is 0.646. The highest BCUT2D eigenvalue weighted by atomic mass is 16.5. The van der Waals surface area contributed by atoms with E-state index in [2.05, 4.69) is 60.3 Å². The summed E-state index contributed by atoms with van der Waals surface area (Å²) in [6, 6.07) is 18.1. The van der Waals surface area contributed by atoms with Gasteiger partial charge in [0.1, 0.15) is 12.4 Å². The molecule has 0 fully saturated rings. The normalized spacial score (nSPS) is 11.2. The fourth-order valence-electron chi connectivity index (χ4n) is 2.84. The third kappa shape index (κ3) is 5.46. The maximum atomic E-state index is 11.8. The molecule has 0 aliphatic heterocycles. The Morgan fingerprint density at radius 1 is 1.07 bits per heavy atom. The zero-order chi connectivity index (χ0) is 20.0. The average molecular weight is 377 g/mol. The van der Waals surface area contributed by atoms with Crippen molar-refractivity contribution in [1.82, 2.24) is 15.3 Å². The fourth-order valence-corrected chi connectivity index (χ4v) is 2.84. The summed E-state index contributed by atoms with van der Waals surface area (Å²) in [6.07, 6.45) is 2.02. The molecule has 0 aliphatic carbocycles. The maximum absolute atomic E-state index is 11.8. The number of benzene rings is 2. The van der Waals surface area contributed by atoms with Gasteiger partial charge in [0.25, 0.3) is 0 Å². The van der Waals surface area contributed by atoms with E-state index in [1.54, 1.807) is 0 Å². The highest BCUT2D eigenvalue weighted by Crippen LogP contribution is 2.25. The van der Waals surface area contributed by atoms with Gasteiger partial charge in [-0.25, -0.2) is 9.78 Å². The summed E-state index contributed by atoms with van der Waals surface area (Å²) < 4.78 is 5.20. The molecule has 28 heavy (non-hydrogen) atoms. The summed E-state index contributed by atoms with van der Waals surface area (Å²) in [7, 11) is 0. The molecule has 0 aliphatic rings. The van der Waals surface area contributed by atoms with E-state index in [4.69, 9.17) is 4.74 Å². The van der Waals surface area contributed by atoms with Gasteiger partial charge in [-0.1, -0.05) is 75.4 Å². The molecule has 0 bridgehead atoms. The molecule has 0 radical (unpaired) electrons. The number of rotatable bonds is 6. The minimum atomic E-state index is -0.423. The largest absolute Gasteiger partial charge is 0.445 e. The van der Waals surface area contributed by atoms with Crippen molar-refractivity contribution in [2.24, 2.45) is 0 Å². The van der Waals surface area contributed by atoms with Crippen LogP contribution in [0.15, 0.2) is 60.8 Å². The van der Waals surface area contributed by atoms with Gasteiger partial charge < -0.3 is 15.0 Å². The highest BCUT2D eigenvalue weighted by molar-refractivity contribution is 5.67. The van der Waals surface area contributed by atoms with Crippen LogP contribution >= 0.6 is 0 Å². The minimum Gasteiger partial charge on any atom is -0.445 e. The average Bonchev–Trinajstić information content (AvgIpc) is 3.15. The predicted octanol–water partition coefficient (Wildman–Crippen LogP) is 4.84. The number of nitrogens with zero attached hydrogens (tertiary/aromatic N) is 1. The minimum absolute atomic E-state index is 0.137. The molecule has 1 amide bonds. The van der Waals surface area contributed by atoms with Gasteiger partial charge in [-0.15, -0.1) is 0 Å². The number of carbonyl (C=O) groups is 1. The molecule has 3 rings (SSSR count). The van der Waals surface area contributed by atoms with Gasteiger partial charge in [0, 0.05) is 13.0 Å². The molecule has 1 heterocycles. The highest BCUT2D eigenvalue weighted by Gasteiger charge is 2.13. The van der Waals surface area contributed by atoms with Gasteiger partial charge in [0.2, 0.25) is 0 Å². The molecule has 2 aromatic carbocycles. The van der Waals surface area contributed by atoms with Gasteiger partial charge in [0.15, 0.2) is 0 Å². The Morgan fingerprint density at radius 2 is 1.79 bits per heavy atom. The number of carbonyl (C=O) groups excluding carboxylic acids is 1. The lowest BCUT2D eigenvalue weighted by atomic mass is 9.86. The van der Waals surface area contributed by atoms with Crippen LogP contribution in [0.5, 0.6) is 0 Å². The Labute approximate surface area is 166 Å². The van der Waals surface area contributed by atoms with E-state index in [-0.39, 0.29) is 12.0 Å². The van der Waals surface area contributed by atoms with Crippen molar-refractivity contribution in [3.8, 4) is 11.3 Å². The number of hydrogen-bond donors (Lipinski definition) is 2. The van der Waals surface area contributed by atoms with Crippen LogP contribution in [0, 0.1) is 0 Å². The summed E-state index contributed by atoms with van der Waals surface area (Å²) in [5.41, 5.74) is 4.47. The summed E-state index contributed by atoms with van der Waals surface area (Å²) in [5.74, 6) is 0.832. The first kappa shape index (κ1) is 19.7. The molecule has 2 N–H and O–H groups in total. The molecule has 5 heteroatoms. The van der Waals surface area contributed by atoms with Crippen molar-refractivity contribution >= 4 is 6.09 Å². The lowest BCUT2D eigenvalue weighted by molar-refractivity contribution is 0.140. The van der Waals surface area contributed by atoms with E-state index >= 15 is 0 Å². The molecule has 0 spiro atoms. The Morgan fingerprint density at radius 3 is 2.46 bits per heavy atom. The van der Waals surface area contributed by atoms with E-state index in [0.29, 0.717) is 13.0 Å². The second kappa shape index (κ2) is 8.74. The fraction of sp³-hybridized carbons (Fsp3) is 0.304. The van der Waals surface area contributed by atoms with Gasteiger partial charge in [0.05, 0.1) is 11.9 Å². The van der Waals surface area contributed by atoms with Crippen molar-refractivity contribution in [2.45, 2.75) is 39.2 Å². The molecule has 0 atom stereocenters. The molecule has 146 valence electrons. The zero-order valence-electron chi connectivity index (χ0n) is 16.7. The van der Waals surface area contributed by atoms with Gasteiger partial charge in [-0.05, 0) is 22.1 Å².